The Morgan fingerprint density at radius 2 is 1.76 bits per heavy atom. The number of hydrogen-bond acceptors (Lipinski definition) is 1. The summed E-state index contributed by atoms with van der Waals surface area (Å²) in [7, 11) is 0. The Kier molecular flexibility index (Phi) is 5.99. The monoisotopic (exact) mass is 452 g/mol. The zero-order valence-corrected chi connectivity index (χ0v) is 23.4. The van der Waals surface area contributed by atoms with Gasteiger partial charge in [0, 0.05) is 11.8 Å². The van der Waals surface area contributed by atoms with Gasteiger partial charge in [-0.05, 0) is 104 Å². The maximum Gasteiger partial charge on any atom is 0.138 e. The molecule has 3 fully saturated rings. The molecule has 186 valence electrons. The Hall–Kier alpha value is -0.850. The van der Waals surface area contributed by atoms with Crippen molar-refractivity contribution in [2.24, 2.45) is 50.7 Å². The third kappa shape index (κ3) is 3.48. The minimum Gasteiger partial charge on any atom is -0.299 e. The van der Waals surface area contributed by atoms with Gasteiger partial charge in [-0.1, -0.05) is 79.2 Å². The molecule has 0 saturated heterocycles. The molecule has 4 rings (SSSR count). The van der Waals surface area contributed by atoms with Crippen molar-refractivity contribution in [3.8, 4) is 0 Å². The van der Waals surface area contributed by atoms with Crippen LogP contribution in [0.4, 0.5) is 0 Å². The Balaban J connectivity index is 1.61. The highest BCUT2D eigenvalue weighted by Crippen LogP contribution is 2.73. The molecule has 0 radical (unpaired) electrons. The fraction of sp³-hybridized carbons (Fsp3) is 0.844. The van der Waals surface area contributed by atoms with E-state index in [0.717, 1.165) is 24.7 Å². The summed E-state index contributed by atoms with van der Waals surface area (Å²) in [5.41, 5.74) is 4.19. The second-order valence-electron chi connectivity index (χ2n) is 14.8. The van der Waals surface area contributed by atoms with Gasteiger partial charge in [-0.25, -0.2) is 0 Å². The lowest BCUT2D eigenvalue weighted by Crippen LogP contribution is -2.56. The summed E-state index contributed by atoms with van der Waals surface area (Å²) in [5.74, 6) is 3.32. The summed E-state index contributed by atoms with van der Waals surface area (Å²) in [6, 6.07) is 0. The smallest absolute Gasteiger partial charge is 0.138 e. The molecule has 0 aromatic heterocycles. The summed E-state index contributed by atoms with van der Waals surface area (Å²) < 4.78 is 0. The van der Waals surface area contributed by atoms with Crippen molar-refractivity contribution in [1.82, 2.24) is 0 Å². The molecule has 1 unspecified atom stereocenters. The van der Waals surface area contributed by atoms with Crippen molar-refractivity contribution in [2.75, 3.05) is 0 Å². The number of allylic oxidation sites excluding steroid dienone is 3. The molecular weight excluding hydrogens is 400 g/mol. The third-order valence-electron chi connectivity index (χ3n) is 12.7. The summed E-state index contributed by atoms with van der Waals surface area (Å²) in [4.78, 5) is 12.8. The van der Waals surface area contributed by atoms with Crippen LogP contribution in [0.1, 0.15) is 120 Å². The average molecular weight is 453 g/mol. The van der Waals surface area contributed by atoms with E-state index in [9.17, 15) is 4.79 Å². The van der Waals surface area contributed by atoms with Crippen molar-refractivity contribution in [2.45, 2.75) is 120 Å². The van der Waals surface area contributed by atoms with Gasteiger partial charge in [0.15, 0.2) is 0 Å². The molecule has 1 heteroatoms. The van der Waals surface area contributed by atoms with E-state index in [1.54, 1.807) is 5.57 Å². The summed E-state index contributed by atoms with van der Waals surface area (Å²) >= 11 is 0. The maximum absolute atomic E-state index is 12.8. The van der Waals surface area contributed by atoms with Crippen LogP contribution in [0.25, 0.3) is 0 Å². The van der Waals surface area contributed by atoms with Gasteiger partial charge in [0.05, 0.1) is 0 Å². The molecule has 0 heterocycles. The lowest BCUT2D eigenvalue weighted by molar-refractivity contribution is -0.142. The van der Waals surface area contributed by atoms with Crippen LogP contribution in [-0.4, -0.2) is 5.78 Å². The summed E-state index contributed by atoms with van der Waals surface area (Å²) in [5, 5.41) is 0. The molecule has 0 aromatic carbocycles. The van der Waals surface area contributed by atoms with Gasteiger partial charge in [-0.15, -0.1) is 0 Å². The summed E-state index contributed by atoms with van der Waals surface area (Å²) in [6.07, 6.45) is 13.7. The molecule has 0 bridgehead atoms. The molecule has 7 atom stereocenters. The molecule has 4 aliphatic carbocycles. The Labute approximate surface area is 205 Å². The molecule has 0 N–H and O–H groups in total. The third-order valence-corrected chi connectivity index (χ3v) is 12.7. The Morgan fingerprint density at radius 1 is 1.09 bits per heavy atom. The highest BCUT2D eigenvalue weighted by Gasteiger charge is 2.65. The van der Waals surface area contributed by atoms with Crippen molar-refractivity contribution in [3.63, 3.8) is 0 Å². The Bertz CT molecular complexity index is 858. The zero-order chi connectivity index (χ0) is 24.6. The van der Waals surface area contributed by atoms with Crippen LogP contribution in [0.3, 0.4) is 0 Å². The summed E-state index contributed by atoms with van der Waals surface area (Å²) in [6.45, 7) is 26.1. The second kappa shape index (κ2) is 7.83. The fourth-order valence-electron chi connectivity index (χ4n) is 9.49. The maximum atomic E-state index is 12.8. The van der Waals surface area contributed by atoms with E-state index >= 15 is 0 Å². The predicted octanol–water partition coefficient (Wildman–Crippen LogP) is 9.18. The van der Waals surface area contributed by atoms with E-state index in [1.807, 2.05) is 0 Å². The van der Waals surface area contributed by atoms with E-state index in [-0.39, 0.29) is 16.2 Å². The molecule has 0 amide bonds. The first-order chi connectivity index (χ1) is 15.1. The minimum atomic E-state index is -0.163. The lowest BCUT2D eigenvalue weighted by Gasteiger charge is -2.63. The first-order valence-corrected chi connectivity index (χ1v) is 14.0. The van der Waals surface area contributed by atoms with Crippen LogP contribution in [0.2, 0.25) is 0 Å². The molecular formula is C32H52O. The number of rotatable bonds is 5. The number of hydrogen-bond donors (Lipinski definition) is 0. The normalized spacial score (nSPS) is 43.2. The number of carbonyl (C=O) groups excluding carboxylic acids is 1. The van der Waals surface area contributed by atoms with Gasteiger partial charge >= 0.3 is 0 Å². The van der Waals surface area contributed by atoms with E-state index in [1.165, 1.54) is 50.5 Å². The molecule has 33 heavy (non-hydrogen) atoms. The van der Waals surface area contributed by atoms with Gasteiger partial charge < -0.3 is 0 Å². The molecule has 0 aromatic rings. The standard InChI is InChI=1S/C32H52O/c1-21(2)28(4,5)17-13-22(3)23-14-19-32(10)25-11-12-26-29(6,7)27(33)16-18-30(26,8)24(25)15-20-31(23,32)9/h15,22-23,25-26H,1,11-14,16-20H2,2-10H3/t22-,23-,25-,26?,30-,31-,32+/m1/s1. The second-order valence-corrected chi connectivity index (χ2v) is 14.8. The lowest BCUT2D eigenvalue weighted by atomic mass is 9.41. The topological polar surface area (TPSA) is 17.1 Å². The van der Waals surface area contributed by atoms with E-state index in [2.05, 4.69) is 75.0 Å². The number of Topliss-reactive ketones (excluding diaryl/α,β-unsaturated/α-hetero) is 1. The number of fused-ring (bicyclic) bond motifs is 5. The largest absolute Gasteiger partial charge is 0.299 e. The zero-order valence-electron chi connectivity index (χ0n) is 23.4. The van der Waals surface area contributed by atoms with Gasteiger partial charge in [0.2, 0.25) is 0 Å². The first kappa shape index (κ1) is 25.2. The molecule has 0 spiro atoms. The Morgan fingerprint density at radius 3 is 2.39 bits per heavy atom. The van der Waals surface area contributed by atoms with E-state index in [4.69, 9.17) is 0 Å². The van der Waals surface area contributed by atoms with Crippen LogP contribution in [0.5, 0.6) is 0 Å². The van der Waals surface area contributed by atoms with Crippen LogP contribution >= 0.6 is 0 Å². The SMILES string of the molecule is C=C(C)C(C)(C)CC[C@@H](C)[C@H]1CC[C@@]2(C)[C@@H]3CCC4C(C)(C)C(=O)CC[C@]4(C)C3=CC[C@]12C. The van der Waals surface area contributed by atoms with Gasteiger partial charge in [0.1, 0.15) is 5.78 Å². The van der Waals surface area contributed by atoms with Crippen LogP contribution < -0.4 is 0 Å². The van der Waals surface area contributed by atoms with Gasteiger partial charge in [0.25, 0.3) is 0 Å². The fourth-order valence-corrected chi connectivity index (χ4v) is 9.49. The highest BCUT2D eigenvalue weighted by molar-refractivity contribution is 5.85. The quantitative estimate of drug-likeness (QED) is 0.380. The van der Waals surface area contributed by atoms with Gasteiger partial charge in [-0.3, -0.25) is 4.79 Å². The van der Waals surface area contributed by atoms with Crippen LogP contribution in [-0.2, 0) is 4.79 Å². The predicted molar refractivity (Wildman–Crippen MR) is 141 cm³/mol. The average Bonchev–Trinajstić information content (AvgIpc) is 3.01. The van der Waals surface area contributed by atoms with E-state index in [0.29, 0.717) is 28.4 Å². The van der Waals surface area contributed by atoms with Gasteiger partial charge in [-0.2, -0.15) is 0 Å². The van der Waals surface area contributed by atoms with Crippen molar-refractivity contribution in [3.05, 3.63) is 23.8 Å². The highest BCUT2D eigenvalue weighted by atomic mass is 16.1. The minimum absolute atomic E-state index is 0.163. The van der Waals surface area contributed by atoms with Crippen molar-refractivity contribution >= 4 is 5.78 Å². The molecule has 4 aliphatic rings. The number of ketones is 1. The van der Waals surface area contributed by atoms with E-state index < -0.39 is 0 Å². The van der Waals surface area contributed by atoms with Crippen molar-refractivity contribution < 1.29 is 4.79 Å². The molecule has 0 aliphatic heterocycles. The molecule has 1 nitrogen and oxygen atoms in total. The van der Waals surface area contributed by atoms with Crippen LogP contribution in [0, 0.1) is 50.7 Å². The van der Waals surface area contributed by atoms with Crippen LogP contribution in [0.15, 0.2) is 23.8 Å². The van der Waals surface area contributed by atoms with Crippen molar-refractivity contribution in [1.29, 1.82) is 0 Å². The number of carbonyl (C=O) groups is 1. The first-order valence-electron chi connectivity index (χ1n) is 14.0. The molecule has 3 saturated carbocycles.